The lowest BCUT2D eigenvalue weighted by atomic mass is 10.2. The van der Waals surface area contributed by atoms with E-state index in [1.807, 2.05) is 6.26 Å². The Bertz CT molecular complexity index is 924. The second kappa shape index (κ2) is 8.65. The molecule has 2 aromatic rings. The second-order valence-corrected chi connectivity index (χ2v) is 9.36. The molecular weight excluding hydrogens is 404 g/mol. The Kier molecular flexibility index (Phi) is 6.47. The van der Waals surface area contributed by atoms with Crippen molar-refractivity contribution in [2.75, 3.05) is 19.3 Å². The van der Waals surface area contributed by atoms with Gasteiger partial charge in [-0.25, -0.2) is 13.1 Å². The maximum Gasteiger partial charge on any atom is 0.255 e. The highest BCUT2D eigenvalue weighted by Crippen LogP contribution is 2.26. The number of nitrogens with one attached hydrogen (secondary N) is 1. The molecule has 3 rings (SSSR count). The number of rotatable bonds is 6. The van der Waals surface area contributed by atoms with Gasteiger partial charge in [-0.2, -0.15) is 0 Å². The van der Waals surface area contributed by atoms with Crippen molar-refractivity contribution in [3.8, 4) is 0 Å². The van der Waals surface area contributed by atoms with E-state index in [1.165, 1.54) is 23.9 Å². The van der Waals surface area contributed by atoms with E-state index in [0.717, 1.165) is 36.4 Å². The summed E-state index contributed by atoms with van der Waals surface area (Å²) in [6.45, 7) is 1.59. The number of hydrogen-bond acceptors (Lipinski definition) is 4. The van der Waals surface area contributed by atoms with Gasteiger partial charge in [0, 0.05) is 29.6 Å². The van der Waals surface area contributed by atoms with E-state index < -0.39 is 10.0 Å². The van der Waals surface area contributed by atoms with Gasteiger partial charge in [0.05, 0.1) is 10.5 Å². The molecule has 1 heterocycles. The van der Waals surface area contributed by atoms with Crippen molar-refractivity contribution in [1.29, 1.82) is 0 Å². The molecule has 1 saturated heterocycles. The van der Waals surface area contributed by atoms with E-state index in [4.69, 9.17) is 11.6 Å². The lowest BCUT2D eigenvalue weighted by molar-refractivity contribution is 0.0789. The van der Waals surface area contributed by atoms with Gasteiger partial charge >= 0.3 is 0 Å². The van der Waals surface area contributed by atoms with Gasteiger partial charge in [0.1, 0.15) is 0 Å². The quantitative estimate of drug-likeness (QED) is 0.716. The highest BCUT2D eigenvalue weighted by Gasteiger charge is 2.24. The van der Waals surface area contributed by atoms with E-state index in [9.17, 15) is 13.2 Å². The van der Waals surface area contributed by atoms with Crippen LogP contribution in [0.3, 0.4) is 0 Å². The van der Waals surface area contributed by atoms with E-state index in [-0.39, 0.29) is 17.3 Å². The van der Waals surface area contributed by atoms with Crippen LogP contribution in [0.1, 0.15) is 28.8 Å². The summed E-state index contributed by atoms with van der Waals surface area (Å²) in [7, 11) is -3.74. The van der Waals surface area contributed by atoms with Gasteiger partial charge in [-0.15, -0.1) is 11.8 Å². The molecule has 0 atom stereocenters. The Hall–Kier alpha value is -1.54. The number of nitrogens with zero attached hydrogens (tertiary/aromatic N) is 1. The van der Waals surface area contributed by atoms with Crippen LogP contribution in [0, 0.1) is 0 Å². The molecule has 0 spiro atoms. The molecule has 144 valence electrons. The smallest absolute Gasteiger partial charge is 0.255 e. The maximum atomic E-state index is 12.8. The minimum atomic E-state index is -3.74. The normalized spacial score (nSPS) is 14.5. The van der Waals surface area contributed by atoms with Gasteiger partial charge < -0.3 is 4.90 Å². The molecule has 8 heteroatoms. The lowest BCUT2D eigenvalue weighted by Gasteiger charge is -2.18. The fourth-order valence-electron chi connectivity index (χ4n) is 2.98. The zero-order valence-electron chi connectivity index (χ0n) is 14.9. The average Bonchev–Trinajstić information content (AvgIpc) is 3.21. The predicted molar refractivity (Wildman–Crippen MR) is 109 cm³/mol. The van der Waals surface area contributed by atoms with Gasteiger partial charge in [-0.3, -0.25) is 4.79 Å². The Balaban J connectivity index is 1.83. The molecule has 1 amide bonds. The van der Waals surface area contributed by atoms with Crippen molar-refractivity contribution < 1.29 is 13.2 Å². The van der Waals surface area contributed by atoms with Crippen LogP contribution in [0.2, 0.25) is 5.02 Å². The van der Waals surface area contributed by atoms with Gasteiger partial charge in [0.25, 0.3) is 5.91 Å². The van der Waals surface area contributed by atoms with Gasteiger partial charge in [0.15, 0.2) is 0 Å². The van der Waals surface area contributed by atoms with E-state index in [2.05, 4.69) is 4.72 Å². The SMILES string of the molecule is CSc1ccc(S(=O)(=O)NCc2ccc(Cl)cc2)cc1C(=O)N1CCCC1. The van der Waals surface area contributed by atoms with E-state index >= 15 is 0 Å². The number of hydrogen-bond donors (Lipinski definition) is 1. The maximum absolute atomic E-state index is 12.8. The van der Waals surface area contributed by atoms with Crippen LogP contribution in [0.25, 0.3) is 0 Å². The molecule has 5 nitrogen and oxygen atoms in total. The highest BCUT2D eigenvalue weighted by molar-refractivity contribution is 7.98. The Morgan fingerprint density at radius 3 is 2.44 bits per heavy atom. The molecule has 0 radical (unpaired) electrons. The zero-order valence-corrected chi connectivity index (χ0v) is 17.3. The summed E-state index contributed by atoms with van der Waals surface area (Å²) >= 11 is 7.29. The first kappa shape index (κ1) is 20.2. The third-order valence-electron chi connectivity index (χ3n) is 4.48. The predicted octanol–water partition coefficient (Wildman–Crippen LogP) is 3.78. The van der Waals surface area contributed by atoms with Crippen LogP contribution >= 0.6 is 23.4 Å². The number of sulfonamides is 1. The minimum Gasteiger partial charge on any atom is -0.339 e. The molecule has 0 bridgehead atoms. The van der Waals surface area contributed by atoms with Crippen LogP contribution in [0.4, 0.5) is 0 Å². The van der Waals surface area contributed by atoms with Gasteiger partial charge in [0.2, 0.25) is 10.0 Å². The monoisotopic (exact) mass is 424 g/mol. The number of amides is 1. The fourth-order valence-corrected chi connectivity index (χ4v) is 4.72. The number of carbonyl (C=O) groups excluding carboxylic acids is 1. The van der Waals surface area contributed by atoms with Crippen molar-refractivity contribution in [1.82, 2.24) is 9.62 Å². The summed E-state index contributed by atoms with van der Waals surface area (Å²) in [4.78, 5) is 15.5. The number of halogens is 1. The third-order valence-corrected chi connectivity index (χ3v) is 6.93. The Morgan fingerprint density at radius 2 is 1.81 bits per heavy atom. The Labute approximate surface area is 169 Å². The molecule has 27 heavy (non-hydrogen) atoms. The molecule has 1 fully saturated rings. The van der Waals surface area contributed by atoms with Crippen molar-refractivity contribution in [2.45, 2.75) is 29.2 Å². The van der Waals surface area contributed by atoms with Crippen molar-refractivity contribution in [3.63, 3.8) is 0 Å². The van der Waals surface area contributed by atoms with E-state index in [0.29, 0.717) is 10.6 Å². The van der Waals surface area contributed by atoms with Gasteiger partial charge in [-0.05, 0) is 55.0 Å². The number of thioether (sulfide) groups is 1. The molecule has 1 N–H and O–H groups in total. The molecule has 0 aliphatic carbocycles. The zero-order chi connectivity index (χ0) is 19.4. The topological polar surface area (TPSA) is 66.5 Å². The van der Waals surface area contributed by atoms with Crippen LogP contribution in [0.5, 0.6) is 0 Å². The summed E-state index contributed by atoms with van der Waals surface area (Å²) in [6.07, 6.45) is 3.85. The molecular formula is C19H21ClN2O3S2. The average molecular weight is 425 g/mol. The van der Waals surface area contributed by atoms with Crippen LogP contribution in [0.15, 0.2) is 52.3 Å². The molecule has 0 aromatic heterocycles. The molecule has 1 aliphatic heterocycles. The summed E-state index contributed by atoms with van der Waals surface area (Å²) in [5, 5.41) is 0.597. The highest BCUT2D eigenvalue weighted by atomic mass is 35.5. The first-order valence-corrected chi connectivity index (χ1v) is 11.7. The first-order chi connectivity index (χ1) is 12.9. The van der Waals surface area contributed by atoms with Crippen LogP contribution < -0.4 is 4.72 Å². The first-order valence-electron chi connectivity index (χ1n) is 8.62. The largest absolute Gasteiger partial charge is 0.339 e. The minimum absolute atomic E-state index is 0.0943. The van der Waals surface area contributed by atoms with E-state index in [1.54, 1.807) is 35.2 Å². The second-order valence-electron chi connectivity index (χ2n) is 6.31. The van der Waals surface area contributed by atoms with Crippen molar-refractivity contribution >= 4 is 39.3 Å². The van der Waals surface area contributed by atoms with Crippen molar-refractivity contribution in [2.24, 2.45) is 0 Å². The fraction of sp³-hybridized carbons (Fsp3) is 0.316. The molecule has 1 aliphatic rings. The van der Waals surface area contributed by atoms with Crippen LogP contribution in [-0.4, -0.2) is 38.6 Å². The lowest BCUT2D eigenvalue weighted by Crippen LogP contribution is -2.29. The molecule has 2 aromatic carbocycles. The standard InChI is InChI=1S/C19H21ClN2O3S2/c1-26-18-9-8-16(12-17(18)19(23)22-10-2-3-11-22)27(24,25)21-13-14-4-6-15(20)7-5-14/h4-9,12,21H,2-3,10-11,13H2,1H3. The summed E-state index contributed by atoms with van der Waals surface area (Å²) in [5.74, 6) is -0.105. The summed E-state index contributed by atoms with van der Waals surface area (Å²) in [5.41, 5.74) is 1.25. The molecule has 0 unspecified atom stereocenters. The third kappa shape index (κ3) is 4.85. The number of likely N-dealkylation sites (tertiary alicyclic amines) is 1. The summed E-state index contributed by atoms with van der Waals surface area (Å²) in [6, 6.07) is 11.7. The Morgan fingerprint density at radius 1 is 1.15 bits per heavy atom. The van der Waals surface area contributed by atoms with Gasteiger partial charge in [-0.1, -0.05) is 23.7 Å². The van der Waals surface area contributed by atoms with Crippen molar-refractivity contribution in [3.05, 3.63) is 58.6 Å². The molecule has 0 saturated carbocycles. The summed E-state index contributed by atoms with van der Waals surface area (Å²) < 4.78 is 28.0. The van der Waals surface area contributed by atoms with Crippen LogP contribution in [-0.2, 0) is 16.6 Å². The number of carbonyl (C=O) groups is 1. The number of benzene rings is 2.